The normalized spacial score (nSPS) is 20.6. The van der Waals surface area contributed by atoms with Crippen LogP contribution in [0.25, 0.3) is 11.3 Å². The Kier molecular flexibility index (Phi) is 8.77. The number of carbonyl (C=O) groups excluding carboxylic acids is 3. The number of amides is 3. The Morgan fingerprint density at radius 2 is 1.91 bits per heavy atom. The SMILES string of the molecule is COC(=O)Nc1ccc2c(c1)NC(=O)[C@H](C)CCC[C@H](N1CCC(c3c(F)ccc(Cl)c3F)OC1=O)c1cc-2ncc1F. The van der Waals surface area contributed by atoms with Gasteiger partial charge >= 0.3 is 12.2 Å². The average Bonchev–Trinajstić information content (AvgIpc) is 2.98. The number of halogens is 4. The van der Waals surface area contributed by atoms with E-state index >= 15 is 4.39 Å². The molecule has 3 atom stereocenters. The molecule has 43 heavy (non-hydrogen) atoms. The van der Waals surface area contributed by atoms with Crippen LogP contribution in [0, 0.1) is 23.4 Å². The first kappa shape index (κ1) is 30.1. The molecule has 9 nitrogen and oxygen atoms in total. The molecule has 3 heterocycles. The van der Waals surface area contributed by atoms with Gasteiger partial charge in [0, 0.05) is 35.7 Å². The highest BCUT2D eigenvalue weighted by Crippen LogP contribution is 2.40. The topological polar surface area (TPSA) is 110 Å². The average molecular weight is 617 g/mol. The van der Waals surface area contributed by atoms with Gasteiger partial charge in [-0.1, -0.05) is 24.9 Å². The van der Waals surface area contributed by atoms with E-state index in [-0.39, 0.29) is 35.9 Å². The summed E-state index contributed by atoms with van der Waals surface area (Å²) in [5.41, 5.74) is 1.17. The molecule has 0 radical (unpaired) electrons. The van der Waals surface area contributed by atoms with Crippen LogP contribution in [0.5, 0.6) is 0 Å². The van der Waals surface area contributed by atoms with Crippen LogP contribution in [0.1, 0.15) is 55.9 Å². The third-order valence-electron chi connectivity index (χ3n) is 7.68. The van der Waals surface area contributed by atoms with Crippen molar-refractivity contribution in [1.29, 1.82) is 0 Å². The number of ether oxygens (including phenoxy) is 2. The Bertz CT molecular complexity index is 1590. The van der Waals surface area contributed by atoms with Crippen molar-refractivity contribution in [2.45, 2.75) is 44.8 Å². The van der Waals surface area contributed by atoms with Gasteiger partial charge in [0.2, 0.25) is 5.91 Å². The van der Waals surface area contributed by atoms with Crippen molar-refractivity contribution in [2.75, 3.05) is 24.3 Å². The molecule has 3 amide bonds. The number of hydrogen-bond donors (Lipinski definition) is 2. The fraction of sp³-hybridized carbons (Fsp3) is 0.333. The zero-order chi connectivity index (χ0) is 30.8. The molecule has 2 N–H and O–H groups in total. The lowest BCUT2D eigenvalue weighted by atomic mass is 9.93. The lowest BCUT2D eigenvalue weighted by Gasteiger charge is -2.38. The smallest absolute Gasteiger partial charge is 0.411 e. The van der Waals surface area contributed by atoms with E-state index in [4.69, 9.17) is 16.3 Å². The minimum absolute atomic E-state index is 0.0197. The molecule has 5 rings (SSSR count). The van der Waals surface area contributed by atoms with Crippen molar-refractivity contribution in [1.82, 2.24) is 9.88 Å². The Labute approximate surface area is 250 Å². The van der Waals surface area contributed by atoms with Gasteiger partial charge in [0.15, 0.2) is 5.82 Å². The molecule has 0 aliphatic carbocycles. The lowest BCUT2D eigenvalue weighted by Crippen LogP contribution is -2.42. The van der Waals surface area contributed by atoms with E-state index in [1.807, 2.05) is 0 Å². The Hall–Kier alpha value is -4.32. The van der Waals surface area contributed by atoms with Gasteiger partial charge in [0.1, 0.15) is 17.7 Å². The van der Waals surface area contributed by atoms with Crippen LogP contribution in [-0.4, -0.2) is 41.6 Å². The third kappa shape index (κ3) is 6.24. The Morgan fingerprint density at radius 3 is 2.65 bits per heavy atom. The van der Waals surface area contributed by atoms with Crippen molar-refractivity contribution in [3.8, 4) is 11.3 Å². The molecule has 2 bridgehead atoms. The summed E-state index contributed by atoms with van der Waals surface area (Å²) in [6.45, 7) is 1.77. The number of methoxy groups -OCH3 is 1. The summed E-state index contributed by atoms with van der Waals surface area (Å²) in [7, 11) is 1.22. The quantitative estimate of drug-likeness (QED) is 0.297. The first-order valence-electron chi connectivity index (χ1n) is 13.6. The third-order valence-corrected chi connectivity index (χ3v) is 7.97. The molecule has 1 saturated heterocycles. The number of nitrogens with one attached hydrogen (secondary N) is 2. The predicted octanol–water partition coefficient (Wildman–Crippen LogP) is 7.38. The maximum absolute atomic E-state index is 15.4. The van der Waals surface area contributed by atoms with Crippen molar-refractivity contribution < 1.29 is 37.0 Å². The molecule has 226 valence electrons. The molecule has 1 unspecified atom stereocenters. The molecule has 1 aromatic heterocycles. The molecular weight excluding hydrogens is 589 g/mol. The molecule has 13 heteroatoms. The summed E-state index contributed by atoms with van der Waals surface area (Å²) in [5, 5.41) is 5.12. The summed E-state index contributed by atoms with van der Waals surface area (Å²) in [4.78, 5) is 43.7. The highest BCUT2D eigenvalue weighted by atomic mass is 35.5. The van der Waals surface area contributed by atoms with E-state index in [1.54, 1.807) is 25.1 Å². The maximum Gasteiger partial charge on any atom is 0.411 e. The Balaban J connectivity index is 1.51. The number of pyridine rings is 1. The zero-order valence-corrected chi connectivity index (χ0v) is 24.0. The van der Waals surface area contributed by atoms with Crippen LogP contribution < -0.4 is 10.6 Å². The van der Waals surface area contributed by atoms with Crippen LogP contribution in [0.15, 0.2) is 42.6 Å². The zero-order valence-electron chi connectivity index (χ0n) is 23.3. The van der Waals surface area contributed by atoms with E-state index in [1.165, 1.54) is 18.1 Å². The van der Waals surface area contributed by atoms with Crippen molar-refractivity contribution in [3.05, 3.63) is 76.2 Å². The van der Waals surface area contributed by atoms with E-state index in [0.717, 1.165) is 18.3 Å². The minimum Gasteiger partial charge on any atom is -0.453 e. The van der Waals surface area contributed by atoms with Crippen molar-refractivity contribution in [3.63, 3.8) is 0 Å². The van der Waals surface area contributed by atoms with E-state index in [2.05, 4.69) is 20.4 Å². The largest absolute Gasteiger partial charge is 0.453 e. The molecule has 2 aliphatic heterocycles. The minimum atomic E-state index is -1.21. The van der Waals surface area contributed by atoms with Crippen LogP contribution in [0.2, 0.25) is 5.02 Å². The fourth-order valence-electron chi connectivity index (χ4n) is 5.38. The van der Waals surface area contributed by atoms with E-state index in [9.17, 15) is 23.2 Å². The molecule has 0 saturated carbocycles. The summed E-state index contributed by atoms with van der Waals surface area (Å²) >= 11 is 5.84. The molecule has 2 aromatic carbocycles. The van der Waals surface area contributed by atoms with Crippen molar-refractivity contribution >= 4 is 41.1 Å². The van der Waals surface area contributed by atoms with E-state index < -0.39 is 53.3 Å². The second-order valence-corrected chi connectivity index (χ2v) is 10.8. The monoisotopic (exact) mass is 616 g/mol. The van der Waals surface area contributed by atoms with Crippen LogP contribution in [0.3, 0.4) is 0 Å². The van der Waals surface area contributed by atoms with Gasteiger partial charge in [0.05, 0.1) is 41.3 Å². The Morgan fingerprint density at radius 1 is 1.12 bits per heavy atom. The van der Waals surface area contributed by atoms with Gasteiger partial charge < -0.3 is 19.7 Å². The standard InChI is InChI=1S/C30H28ClF3N4O5/c1-15-4-3-5-24(38-11-10-25(43-30(38)41)26-20(32)9-8-19(31)27(26)34)18-13-22(35-14-21(18)33)17-7-6-16(36-29(40)42-2)12-23(17)37-28(15)39/h6-9,12-15,24-25H,3-5,10-11H2,1-2H3,(H,36,40)(H,37,39)/t15-,24+,25?/m1/s1. The van der Waals surface area contributed by atoms with Crippen molar-refractivity contribution in [2.24, 2.45) is 5.92 Å². The van der Waals surface area contributed by atoms with Gasteiger partial charge in [-0.15, -0.1) is 0 Å². The lowest BCUT2D eigenvalue weighted by molar-refractivity contribution is -0.119. The van der Waals surface area contributed by atoms with Gasteiger partial charge in [-0.3, -0.25) is 15.1 Å². The molecule has 1 fully saturated rings. The van der Waals surface area contributed by atoms with Crippen LogP contribution in [0.4, 0.5) is 34.1 Å². The fourth-order valence-corrected chi connectivity index (χ4v) is 5.54. The number of aromatic nitrogens is 1. The predicted molar refractivity (Wildman–Crippen MR) is 152 cm³/mol. The first-order chi connectivity index (χ1) is 20.6. The molecular formula is C30H28ClF3N4O5. The number of rotatable bonds is 3. The second kappa shape index (κ2) is 12.5. The number of anilines is 2. The molecule has 0 spiro atoms. The van der Waals surface area contributed by atoms with E-state index in [0.29, 0.717) is 35.5 Å². The summed E-state index contributed by atoms with van der Waals surface area (Å²) in [6, 6.07) is 7.50. The van der Waals surface area contributed by atoms with Crippen LogP contribution in [-0.2, 0) is 14.3 Å². The van der Waals surface area contributed by atoms with Gasteiger partial charge in [-0.05, 0) is 49.2 Å². The molecule has 2 aliphatic rings. The highest BCUT2D eigenvalue weighted by molar-refractivity contribution is 6.30. The van der Waals surface area contributed by atoms with Crippen LogP contribution >= 0.6 is 11.6 Å². The number of nitrogens with zero attached hydrogens (tertiary/aromatic N) is 2. The summed E-state index contributed by atoms with van der Waals surface area (Å²) in [6.07, 6.45) is -0.564. The number of fused-ring (bicyclic) bond motifs is 4. The van der Waals surface area contributed by atoms with Gasteiger partial charge in [-0.25, -0.2) is 22.8 Å². The molecule has 3 aromatic rings. The number of cyclic esters (lactones) is 1. The van der Waals surface area contributed by atoms with Gasteiger partial charge in [0.25, 0.3) is 0 Å². The number of carbonyl (C=O) groups is 3. The van der Waals surface area contributed by atoms with Gasteiger partial charge in [-0.2, -0.15) is 0 Å². The highest BCUT2D eigenvalue weighted by Gasteiger charge is 2.37. The summed E-state index contributed by atoms with van der Waals surface area (Å²) in [5.74, 6) is -3.27. The number of benzene rings is 2. The summed E-state index contributed by atoms with van der Waals surface area (Å²) < 4.78 is 54.8. The first-order valence-corrected chi connectivity index (χ1v) is 14.0. The second-order valence-electron chi connectivity index (χ2n) is 10.4. The number of hydrogen-bond acceptors (Lipinski definition) is 6. The maximum atomic E-state index is 15.4.